The minimum atomic E-state index is -0.555. The van der Waals surface area contributed by atoms with Crippen LogP contribution in [0.3, 0.4) is 0 Å². The van der Waals surface area contributed by atoms with Crippen molar-refractivity contribution in [2.24, 2.45) is 5.92 Å². The van der Waals surface area contributed by atoms with E-state index in [9.17, 15) is 9.59 Å². The Hall–Kier alpha value is -2.84. The molecule has 9 heteroatoms. The van der Waals surface area contributed by atoms with Crippen LogP contribution in [0.25, 0.3) is 11.4 Å². The molecule has 0 saturated heterocycles. The highest BCUT2D eigenvalue weighted by Crippen LogP contribution is 2.36. The predicted molar refractivity (Wildman–Crippen MR) is 97.3 cm³/mol. The number of carbonyl (C=O) groups excluding carboxylic acids is 2. The number of aromatic nitrogens is 3. The zero-order chi connectivity index (χ0) is 20.1. The van der Waals surface area contributed by atoms with Crippen molar-refractivity contribution >= 4 is 12.1 Å². The van der Waals surface area contributed by atoms with E-state index in [1.165, 1.54) is 7.11 Å². The molecule has 0 N–H and O–H groups in total. The molecule has 0 aromatic carbocycles. The topological polar surface area (TPSA) is 99.7 Å². The third-order valence-corrected chi connectivity index (χ3v) is 5.01. The molecule has 1 unspecified atom stereocenters. The van der Waals surface area contributed by atoms with E-state index in [1.54, 1.807) is 15.8 Å². The van der Waals surface area contributed by atoms with Gasteiger partial charge in [-0.2, -0.15) is 5.10 Å². The highest BCUT2D eigenvalue weighted by Gasteiger charge is 2.36. The Kier molecular flexibility index (Phi) is 4.40. The molecule has 1 amide bonds. The standard InChI is InChI=1S/C19H24N4O5/c1-19(2,3)28-18(25)22-6-5-14-13(9-22)16-15-12(10-27-21-15)7-11(17(24)26-4)8-23(16)20-14/h10-11H,5-9H2,1-4H3. The Morgan fingerprint density at radius 2 is 2.11 bits per heavy atom. The zero-order valence-corrected chi connectivity index (χ0v) is 16.5. The van der Waals surface area contributed by atoms with Gasteiger partial charge in [0, 0.05) is 24.1 Å². The van der Waals surface area contributed by atoms with Gasteiger partial charge in [-0.3, -0.25) is 9.48 Å². The van der Waals surface area contributed by atoms with E-state index in [4.69, 9.17) is 19.1 Å². The first-order valence-electron chi connectivity index (χ1n) is 9.34. The van der Waals surface area contributed by atoms with E-state index in [0.717, 1.165) is 22.5 Å². The van der Waals surface area contributed by atoms with Crippen molar-refractivity contribution in [2.45, 2.75) is 52.3 Å². The summed E-state index contributed by atoms with van der Waals surface area (Å²) in [5.41, 5.74) is 3.60. The Morgan fingerprint density at radius 1 is 1.32 bits per heavy atom. The summed E-state index contributed by atoms with van der Waals surface area (Å²) in [7, 11) is 1.38. The molecule has 4 rings (SSSR count). The lowest BCUT2D eigenvalue weighted by Gasteiger charge is -2.29. The Bertz CT molecular complexity index is 923. The lowest BCUT2D eigenvalue weighted by molar-refractivity contribution is -0.145. The van der Waals surface area contributed by atoms with Crippen molar-refractivity contribution in [3.05, 3.63) is 23.1 Å². The molecule has 28 heavy (non-hydrogen) atoms. The second-order valence-electron chi connectivity index (χ2n) is 8.22. The van der Waals surface area contributed by atoms with Crippen LogP contribution in [0.4, 0.5) is 4.79 Å². The molecule has 0 fully saturated rings. The van der Waals surface area contributed by atoms with Crippen molar-refractivity contribution in [2.75, 3.05) is 13.7 Å². The molecule has 4 heterocycles. The molecule has 150 valence electrons. The fraction of sp³-hybridized carbons (Fsp3) is 0.579. The molecule has 0 aliphatic carbocycles. The quantitative estimate of drug-likeness (QED) is 0.690. The summed E-state index contributed by atoms with van der Waals surface area (Å²) >= 11 is 0. The van der Waals surface area contributed by atoms with Crippen molar-refractivity contribution in [1.29, 1.82) is 0 Å². The minimum absolute atomic E-state index is 0.288. The maximum Gasteiger partial charge on any atom is 0.410 e. The number of amides is 1. The van der Waals surface area contributed by atoms with Crippen LogP contribution in [-0.4, -0.2) is 51.2 Å². The third-order valence-electron chi connectivity index (χ3n) is 5.01. The number of hydrogen-bond acceptors (Lipinski definition) is 7. The van der Waals surface area contributed by atoms with Crippen LogP contribution in [0.1, 0.15) is 37.6 Å². The normalized spacial score (nSPS) is 18.6. The summed E-state index contributed by atoms with van der Waals surface area (Å²) in [6, 6.07) is 0. The van der Waals surface area contributed by atoms with Crippen LogP contribution in [0, 0.1) is 5.92 Å². The zero-order valence-electron chi connectivity index (χ0n) is 16.5. The summed E-state index contributed by atoms with van der Waals surface area (Å²) < 4.78 is 17.5. The molecule has 0 spiro atoms. The number of rotatable bonds is 1. The molecule has 2 aliphatic heterocycles. The average molecular weight is 388 g/mol. The van der Waals surface area contributed by atoms with Gasteiger partial charge in [-0.25, -0.2) is 4.79 Å². The number of methoxy groups -OCH3 is 1. The maximum atomic E-state index is 12.5. The van der Waals surface area contributed by atoms with Gasteiger partial charge in [0.1, 0.15) is 17.6 Å². The largest absolute Gasteiger partial charge is 0.469 e. The molecule has 2 aliphatic rings. The molecule has 1 atom stereocenters. The number of esters is 1. The van der Waals surface area contributed by atoms with Crippen molar-refractivity contribution < 1.29 is 23.6 Å². The number of carbonyl (C=O) groups is 2. The number of hydrogen-bond donors (Lipinski definition) is 0. The third kappa shape index (κ3) is 3.25. The summed E-state index contributed by atoms with van der Waals surface area (Å²) in [6.07, 6.45) is 2.30. The monoisotopic (exact) mass is 388 g/mol. The first-order valence-corrected chi connectivity index (χ1v) is 9.34. The van der Waals surface area contributed by atoms with Gasteiger partial charge in [-0.15, -0.1) is 0 Å². The van der Waals surface area contributed by atoms with E-state index in [2.05, 4.69) is 5.16 Å². The van der Waals surface area contributed by atoms with Gasteiger partial charge in [0.05, 0.1) is 37.5 Å². The van der Waals surface area contributed by atoms with Crippen LogP contribution < -0.4 is 0 Å². The number of ether oxygens (including phenoxy) is 2. The first kappa shape index (κ1) is 18.5. The molecule has 0 saturated carbocycles. The van der Waals surface area contributed by atoms with Crippen LogP contribution >= 0.6 is 0 Å². The molecular weight excluding hydrogens is 364 g/mol. The van der Waals surface area contributed by atoms with Crippen molar-refractivity contribution in [1.82, 2.24) is 19.8 Å². The molecule has 0 bridgehead atoms. The predicted octanol–water partition coefficient (Wildman–Crippen LogP) is 2.18. The summed E-state index contributed by atoms with van der Waals surface area (Å²) in [5.74, 6) is -0.656. The Labute approximate surface area is 162 Å². The molecule has 2 aromatic rings. The first-order chi connectivity index (χ1) is 13.3. The van der Waals surface area contributed by atoms with Gasteiger partial charge in [-0.1, -0.05) is 5.16 Å². The van der Waals surface area contributed by atoms with E-state index in [1.807, 2.05) is 20.8 Å². The van der Waals surface area contributed by atoms with Gasteiger partial charge < -0.3 is 18.9 Å². The molecule has 0 radical (unpaired) electrons. The molecular formula is C19H24N4O5. The van der Waals surface area contributed by atoms with Gasteiger partial charge in [0.25, 0.3) is 0 Å². The van der Waals surface area contributed by atoms with E-state index < -0.39 is 5.60 Å². The summed E-state index contributed by atoms with van der Waals surface area (Å²) in [4.78, 5) is 26.4. The molecule has 2 aromatic heterocycles. The summed E-state index contributed by atoms with van der Waals surface area (Å²) in [6.45, 7) is 6.86. The van der Waals surface area contributed by atoms with Gasteiger partial charge in [-0.05, 0) is 27.2 Å². The SMILES string of the molecule is COC(=O)C1Cc2conc2-c2c3c(nn2C1)CCN(C(=O)OC(C)(C)C)C3. The second-order valence-corrected chi connectivity index (χ2v) is 8.22. The molecule has 9 nitrogen and oxygen atoms in total. The Morgan fingerprint density at radius 3 is 2.82 bits per heavy atom. The van der Waals surface area contributed by atoms with E-state index in [-0.39, 0.29) is 18.0 Å². The maximum absolute atomic E-state index is 12.5. The highest BCUT2D eigenvalue weighted by atomic mass is 16.6. The van der Waals surface area contributed by atoms with E-state index in [0.29, 0.717) is 38.2 Å². The Balaban J connectivity index is 1.70. The van der Waals surface area contributed by atoms with Gasteiger partial charge in [0.2, 0.25) is 0 Å². The fourth-order valence-corrected chi connectivity index (χ4v) is 3.77. The highest BCUT2D eigenvalue weighted by molar-refractivity contribution is 5.75. The van der Waals surface area contributed by atoms with Crippen molar-refractivity contribution in [3.63, 3.8) is 0 Å². The smallest absolute Gasteiger partial charge is 0.410 e. The average Bonchev–Trinajstić information content (AvgIpc) is 3.18. The van der Waals surface area contributed by atoms with Gasteiger partial charge >= 0.3 is 12.1 Å². The van der Waals surface area contributed by atoms with Gasteiger partial charge in [0.15, 0.2) is 0 Å². The second kappa shape index (κ2) is 6.65. The lowest BCUT2D eigenvalue weighted by atomic mass is 9.99. The summed E-state index contributed by atoms with van der Waals surface area (Å²) in [5, 5.41) is 8.88. The van der Waals surface area contributed by atoms with Crippen LogP contribution in [0.2, 0.25) is 0 Å². The van der Waals surface area contributed by atoms with Crippen LogP contribution in [0.5, 0.6) is 0 Å². The van der Waals surface area contributed by atoms with Crippen molar-refractivity contribution in [3.8, 4) is 11.4 Å². The lowest BCUT2D eigenvalue weighted by Crippen LogP contribution is -2.39. The van der Waals surface area contributed by atoms with Crippen LogP contribution in [0.15, 0.2) is 10.8 Å². The number of nitrogens with zero attached hydrogens (tertiary/aromatic N) is 4. The van der Waals surface area contributed by atoms with Crippen LogP contribution in [-0.2, 0) is 40.2 Å². The fourth-order valence-electron chi connectivity index (χ4n) is 3.77. The minimum Gasteiger partial charge on any atom is -0.469 e. The van der Waals surface area contributed by atoms with E-state index >= 15 is 0 Å². The number of fused-ring (bicyclic) bond motifs is 5.